The minimum atomic E-state index is 0.539. The maximum Gasteiger partial charge on any atom is 0.119 e. The highest BCUT2D eigenvalue weighted by Gasteiger charge is 2.27. The number of rotatable bonds is 4. The minimum absolute atomic E-state index is 0.539. The van der Waals surface area contributed by atoms with Gasteiger partial charge in [-0.3, -0.25) is 0 Å². The molecule has 1 fully saturated rings. The van der Waals surface area contributed by atoms with Crippen molar-refractivity contribution in [2.45, 2.75) is 25.2 Å². The molecule has 1 aliphatic heterocycles. The van der Waals surface area contributed by atoms with Crippen molar-refractivity contribution >= 4 is 0 Å². The molecule has 2 atom stereocenters. The Balaban J connectivity index is 1.89. The van der Waals surface area contributed by atoms with E-state index in [0.29, 0.717) is 11.8 Å². The van der Waals surface area contributed by atoms with Gasteiger partial charge in [0, 0.05) is 12.5 Å². The topological polar surface area (TPSA) is 21.3 Å². The van der Waals surface area contributed by atoms with Crippen LogP contribution in [-0.2, 0) is 0 Å². The van der Waals surface area contributed by atoms with Crippen LogP contribution in [0.2, 0.25) is 0 Å². The van der Waals surface area contributed by atoms with E-state index in [4.69, 9.17) is 4.74 Å². The molecular formula is C19H23NO. The smallest absolute Gasteiger partial charge is 0.119 e. The van der Waals surface area contributed by atoms with Gasteiger partial charge in [-0.05, 0) is 49.1 Å². The van der Waals surface area contributed by atoms with Gasteiger partial charge in [0.2, 0.25) is 0 Å². The van der Waals surface area contributed by atoms with E-state index in [2.05, 4.69) is 53.8 Å². The predicted octanol–water partition coefficient (Wildman–Crippen LogP) is 3.95. The monoisotopic (exact) mass is 281 g/mol. The minimum Gasteiger partial charge on any atom is -0.494 e. The standard InChI is InChI=1S/C19H23NO/c1-2-21-17-10-6-9-16(13-17)18-11-12-20-14-19(18)15-7-4-3-5-8-15/h3-10,13,18-20H,2,11-12,14H2,1H3. The Kier molecular flexibility index (Phi) is 4.56. The first-order valence-electron chi connectivity index (χ1n) is 7.87. The van der Waals surface area contributed by atoms with Crippen LogP contribution in [0.4, 0.5) is 0 Å². The Morgan fingerprint density at radius 2 is 1.81 bits per heavy atom. The lowest BCUT2D eigenvalue weighted by atomic mass is 9.77. The highest BCUT2D eigenvalue weighted by Crippen LogP contribution is 2.38. The highest BCUT2D eigenvalue weighted by molar-refractivity contribution is 5.35. The fourth-order valence-corrected chi connectivity index (χ4v) is 3.31. The molecule has 1 heterocycles. The first-order chi connectivity index (χ1) is 10.4. The molecule has 3 rings (SSSR count). The largest absolute Gasteiger partial charge is 0.494 e. The van der Waals surface area contributed by atoms with Crippen molar-refractivity contribution in [2.24, 2.45) is 0 Å². The Morgan fingerprint density at radius 1 is 1.00 bits per heavy atom. The average Bonchev–Trinajstić information content (AvgIpc) is 2.56. The van der Waals surface area contributed by atoms with Crippen molar-refractivity contribution in [3.05, 3.63) is 65.7 Å². The summed E-state index contributed by atoms with van der Waals surface area (Å²) >= 11 is 0. The van der Waals surface area contributed by atoms with Crippen LogP contribution in [0.1, 0.15) is 36.3 Å². The maximum absolute atomic E-state index is 5.66. The summed E-state index contributed by atoms with van der Waals surface area (Å²) in [5.74, 6) is 2.09. The van der Waals surface area contributed by atoms with E-state index in [-0.39, 0.29) is 0 Å². The predicted molar refractivity (Wildman–Crippen MR) is 87.0 cm³/mol. The molecule has 1 N–H and O–H groups in total. The van der Waals surface area contributed by atoms with E-state index in [9.17, 15) is 0 Å². The summed E-state index contributed by atoms with van der Waals surface area (Å²) < 4.78 is 5.66. The fraction of sp³-hybridized carbons (Fsp3) is 0.368. The number of nitrogens with one attached hydrogen (secondary N) is 1. The van der Waals surface area contributed by atoms with Gasteiger partial charge in [-0.1, -0.05) is 42.5 Å². The lowest BCUT2D eigenvalue weighted by molar-refractivity contribution is 0.338. The van der Waals surface area contributed by atoms with Crippen LogP contribution < -0.4 is 10.1 Å². The third-order valence-corrected chi connectivity index (χ3v) is 4.31. The first kappa shape index (κ1) is 14.2. The van der Waals surface area contributed by atoms with Crippen LogP contribution in [0.15, 0.2) is 54.6 Å². The molecule has 0 bridgehead atoms. The molecule has 2 aromatic carbocycles. The van der Waals surface area contributed by atoms with Gasteiger partial charge in [0.15, 0.2) is 0 Å². The van der Waals surface area contributed by atoms with Gasteiger partial charge in [0.05, 0.1) is 6.61 Å². The van der Waals surface area contributed by atoms with Gasteiger partial charge >= 0.3 is 0 Å². The van der Waals surface area contributed by atoms with E-state index < -0.39 is 0 Å². The molecular weight excluding hydrogens is 258 g/mol. The normalized spacial score (nSPS) is 22.0. The average molecular weight is 281 g/mol. The summed E-state index contributed by atoms with van der Waals surface area (Å²) in [5.41, 5.74) is 2.83. The SMILES string of the molecule is CCOc1cccc(C2CCNCC2c2ccccc2)c1. The van der Waals surface area contributed by atoms with Gasteiger partial charge in [-0.2, -0.15) is 0 Å². The molecule has 2 unspecified atom stereocenters. The van der Waals surface area contributed by atoms with Gasteiger partial charge in [-0.15, -0.1) is 0 Å². The third kappa shape index (κ3) is 3.27. The zero-order chi connectivity index (χ0) is 14.5. The number of benzene rings is 2. The highest BCUT2D eigenvalue weighted by atomic mass is 16.5. The fourth-order valence-electron chi connectivity index (χ4n) is 3.31. The Labute approximate surface area is 127 Å². The van der Waals surface area contributed by atoms with E-state index in [0.717, 1.165) is 25.4 Å². The second kappa shape index (κ2) is 6.77. The number of hydrogen-bond donors (Lipinski definition) is 1. The molecule has 1 saturated heterocycles. The van der Waals surface area contributed by atoms with Crippen molar-refractivity contribution in [1.82, 2.24) is 5.32 Å². The molecule has 0 radical (unpaired) electrons. The van der Waals surface area contributed by atoms with Crippen LogP contribution >= 0.6 is 0 Å². The second-order valence-electron chi connectivity index (χ2n) is 5.62. The number of ether oxygens (including phenoxy) is 1. The van der Waals surface area contributed by atoms with Crippen LogP contribution in [0, 0.1) is 0 Å². The van der Waals surface area contributed by atoms with E-state index in [1.807, 2.05) is 13.0 Å². The Bertz CT molecular complexity index is 567. The maximum atomic E-state index is 5.66. The van der Waals surface area contributed by atoms with Gasteiger partial charge in [0.25, 0.3) is 0 Å². The van der Waals surface area contributed by atoms with Crippen LogP contribution in [0.25, 0.3) is 0 Å². The summed E-state index contributed by atoms with van der Waals surface area (Å²) in [5, 5.41) is 3.54. The van der Waals surface area contributed by atoms with Crippen molar-refractivity contribution in [3.63, 3.8) is 0 Å². The quantitative estimate of drug-likeness (QED) is 0.916. The molecule has 0 amide bonds. The molecule has 2 nitrogen and oxygen atoms in total. The van der Waals surface area contributed by atoms with Crippen LogP contribution in [0.3, 0.4) is 0 Å². The molecule has 2 aromatic rings. The van der Waals surface area contributed by atoms with E-state index in [1.54, 1.807) is 0 Å². The zero-order valence-corrected chi connectivity index (χ0v) is 12.6. The first-order valence-corrected chi connectivity index (χ1v) is 7.87. The Hall–Kier alpha value is -1.80. The zero-order valence-electron chi connectivity index (χ0n) is 12.6. The molecule has 21 heavy (non-hydrogen) atoms. The molecule has 2 heteroatoms. The molecule has 1 aliphatic rings. The van der Waals surface area contributed by atoms with Crippen molar-refractivity contribution in [2.75, 3.05) is 19.7 Å². The van der Waals surface area contributed by atoms with Crippen LogP contribution in [-0.4, -0.2) is 19.7 Å². The Morgan fingerprint density at radius 3 is 2.62 bits per heavy atom. The molecule has 0 saturated carbocycles. The summed E-state index contributed by atoms with van der Waals surface area (Å²) in [4.78, 5) is 0. The number of hydrogen-bond acceptors (Lipinski definition) is 2. The molecule has 0 aliphatic carbocycles. The van der Waals surface area contributed by atoms with Crippen LogP contribution in [0.5, 0.6) is 5.75 Å². The van der Waals surface area contributed by atoms with E-state index >= 15 is 0 Å². The lowest BCUT2D eigenvalue weighted by Crippen LogP contribution is -2.34. The van der Waals surface area contributed by atoms with Gasteiger partial charge in [-0.25, -0.2) is 0 Å². The van der Waals surface area contributed by atoms with Crippen molar-refractivity contribution in [3.8, 4) is 5.75 Å². The molecule has 0 spiro atoms. The molecule has 0 aromatic heterocycles. The van der Waals surface area contributed by atoms with Crippen molar-refractivity contribution < 1.29 is 4.74 Å². The van der Waals surface area contributed by atoms with Gasteiger partial charge in [0.1, 0.15) is 5.75 Å². The second-order valence-corrected chi connectivity index (χ2v) is 5.62. The summed E-state index contributed by atoms with van der Waals surface area (Å²) in [7, 11) is 0. The van der Waals surface area contributed by atoms with Crippen molar-refractivity contribution in [1.29, 1.82) is 0 Å². The van der Waals surface area contributed by atoms with Gasteiger partial charge < -0.3 is 10.1 Å². The number of piperidine rings is 1. The van der Waals surface area contributed by atoms with E-state index in [1.165, 1.54) is 17.5 Å². The summed E-state index contributed by atoms with van der Waals surface area (Å²) in [6.07, 6.45) is 1.18. The summed E-state index contributed by atoms with van der Waals surface area (Å²) in [6.45, 7) is 4.89. The molecule has 110 valence electrons. The third-order valence-electron chi connectivity index (χ3n) is 4.31. The summed E-state index contributed by atoms with van der Waals surface area (Å²) in [6, 6.07) is 19.5. The lowest BCUT2D eigenvalue weighted by Gasteiger charge is -2.33.